The molecular formula is C11H16N2O5S. The maximum atomic E-state index is 11.9. The Bertz CT molecular complexity index is 613. The van der Waals surface area contributed by atoms with Crippen molar-refractivity contribution in [2.75, 3.05) is 0 Å². The van der Waals surface area contributed by atoms with E-state index >= 15 is 0 Å². The highest BCUT2D eigenvalue weighted by Gasteiger charge is 2.31. The van der Waals surface area contributed by atoms with Gasteiger partial charge in [0.05, 0.1) is 5.25 Å². The number of hydrogen-bond acceptors (Lipinski definition) is 5. The number of carboxylic acids is 1. The predicted molar refractivity (Wildman–Crippen MR) is 68.0 cm³/mol. The number of aromatic carboxylic acids is 1. The van der Waals surface area contributed by atoms with Crippen molar-refractivity contribution in [3.05, 3.63) is 17.5 Å². The molecule has 19 heavy (non-hydrogen) atoms. The van der Waals surface area contributed by atoms with Crippen LogP contribution in [0.4, 0.5) is 0 Å². The summed E-state index contributed by atoms with van der Waals surface area (Å²) in [5.74, 6) is -1.26. The molecule has 0 radical (unpaired) electrons. The third-order valence-corrected chi connectivity index (χ3v) is 4.50. The summed E-state index contributed by atoms with van der Waals surface area (Å²) in [6, 6.07) is 0.694. The summed E-state index contributed by atoms with van der Waals surface area (Å²) in [6.45, 7) is 6.13. The van der Waals surface area contributed by atoms with Gasteiger partial charge in [-0.3, -0.25) is 9.48 Å². The number of carbonyl (C=O) groups excluding carboxylic acids is 1. The second-order valence-corrected chi connectivity index (χ2v) is 7.04. The average Bonchev–Trinajstić information content (AvgIpc) is 2.72. The first-order chi connectivity index (χ1) is 8.59. The minimum Gasteiger partial charge on any atom is -0.477 e. The molecule has 0 atom stereocenters. The van der Waals surface area contributed by atoms with Gasteiger partial charge in [0.15, 0.2) is 0 Å². The molecule has 1 aromatic heterocycles. The average molecular weight is 288 g/mol. The zero-order valence-electron chi connectivity index (χ0n) is 11.1. The Morgan fingerprint density at radius 3 is 2.11 bits per heavy atom. The van der Waals surface area contributed by atoms with Crippen LogP contribution in [0.15, 0.2) is 6.07 Å². The third kappa shape index (κ3) is 2.83. The van der Waals surface area contributed by atoms with Crippen molar-refractivity contribution in [2.24, 2.45) is 0 Å². The Kier molecular flexibility index (Phi) is 4.14. The summed E-state index contributed by atoms with van der Waals surface area (Å²) in [7, 11) is -3.99. The molecular weight excluding hydrogens is 272 g/mol. The maximum Gasteiger partial charge on any atom is 0.354 e. The molecule has 0 spiro atoms. The number of rotatable bonds is 4. The molecule has 7 nitrogen and oxygen atoms in total. The molecule has 1 N–H and O–H groups in total. The number of carboxylic acid groups (broad SMARTS) is 1. The molecule has 0 saturated carbocycles. The fourth-order valence-corrected chi connectivity index (χ4v) is 2.23. The van der Waals surface area contributed by atoms with Gasteiger partial charge in [-0.2, -0.15) is 5.10 Å². The molecule has 0 fully saturated rings. The van der Waals surface area contributed by atoms with E-state index in [1.54, 1.807) is 13.8 Å². The highest BCUT2D eigenvalue weighted by atomic mass is 32.2. The largest absolute Gasteiger partial charge is 0.477 e. The van der Waals surface area contributed by atoms with Crippen molar-refractivity contribution < 1.29 is 23.1 Å². The summed E-state index contributed by atoms with van der Waals surface area (Å²) in [5, 5.41) is 10.8. The molecule has 0 saturated heterocycles. The van der Waals surface area contributed by atoms with E-state index in [1.165, 1.54) is 13.8 Å². The topological polar surface area (TPSA) is 106 Å². The summed E-state index contributed by atoms with van der Waals surface area (Å²) in [4.78, 5) is 22.9. The van der Waals surface area contributed by atoms with E-state index in [-0.39, 0.29) is 17.4 Å². The highest BCUT2D eigenvalue weighted by molar-refractivity contribution is 8.07. The third-order valence-electron chi connectivity index (χ3n) is 2.53. The van der Waals surface area contributed by atoms with Crippen LogP contribution in [0.1, 0.15) is 54.7 Å². The molecule has 0 bridgehead atoms. The Hall–Kier alpha value is -1.70. The van der Waals surface area contributed by atoms with E-state index in [0.717, 1.165) is 10.7 Å². The fourth-order valence-electron chi connectivity index (χ4n) is 1.41. The molecule has 1 rings (SSSR count). The van der Waals surface area contributed by atoms with Gasteiger partial charge in [-0.15, -0.1) is 0 Å². The van der Waals surface area contributed by atoms with Gasteiger partial charge >= 0.3 is 5.97 Å². The second-order valence-electron chi connectivity index (χ2n) is 4.64. The van der Waals surface area contributed by atoms with E-state index in [1.807, 2.05) is 0 Å². The Balaban J connectivity index is 3.35. The first kappa shape index (κ1) is 15.4. The Labute approximate surface area is 111 Å². The van der Waals surface area contributed by atoms with E-state index in [0.29, 0.717) is 0 Å². The van der Waals surface area contributed by atoms with Crippen molar-refractivity contribution >= 4 is 20.9 Å². The van der Waals surface area contributed by atoms with Crippen molar-refractivity contribution in [1.29, 1.82) is 0 Å². The Morgan fingerprint density at radius 2 is 1.79 bits per heavy atom. The fraction of sp³-hybridized carbons (Fsp3) is 0.545. The van der Waals surface area contributed by atoms with Gasteiger partial charge < -0.3 is 5.11 Å². The molecule has 1 aromatic rings. The van der Waals surface area contributed by atoms with Crippen molar-refractivity contribution in [1.82, 2.24) is 9.78 Å². The Morgan fingerprint density at radius 1 is 1.26 bits per heavy atom. The number of aromatic nitrogens is 2. The van der Waals surface area contributed by atoms with Gasteiger partial charge in [-0.05, 0) is 27.7 Å². The zero-order valence-corrected chi connectivity index (χ0v) is 11.9. The van der Waals surface area contributed by atoms with Crippen LogP contribution in [-0.2, 0) is 9.84 Å². The molecule has 1 heterocycles. The minimum absolute atomic E-state index is 0.211. The van der Waals surface area contributed by atoms with Crippen LogP contribution in [0.5, 0.6) is 0 Å². The monoisotopic (exact) mass is 288 g/mol. The molecule has 0 aliphatic heterocycles. The number of nitrogens with zero attached hydrogens (tertiary/aromatic N) is 2. The van der Waals surface area contributed by atoms with Crippen LogP contribution in [0.2, 0.25) is 0 Å². The number of sulfone groups is 1. The summed E-state index contributed by atoms with van der Waals surface area (Å²) in [5.41, 5.74) is -0.572. The van der Waals surface area contributed by atoms with E-state index < -0.39 is 26.2 Å². The normalized spacial score (nSPS) is 12.1. The zero-order chi connectivity index (χ0) is 15.0. The summed E-state index contributed by atoms with van der Waals surface area (Å²) < 4.78 is 24.6. The van der Waals surface area contributed by atoms with Gasteiger partial charge in [0.1, 0.15) is 11.4 Å². The van der Waals surface area contributed by atoms with Crippen molar-refractivity contribution in [3.8, 4) is 0 Å². The van der Waals surface area contributed by atoms with Gasteiger partial charge in [0, 0.05) is 12.1 Å². The summed E-state index contributed by atoms with van der Waals surface area (Å²) >= 11 is 0. The molecule has 0 amide bonds. The molecule has 0 aliphatic rings. The number of carbonyl (C=O) groups is 2. The number of hydrogen-bond donors (Lipinski definition) is 1. The van der Waals surface area contributed by atoms with Crippen LogP contribution in [0, 0.1) is 0 Å². The van der Waals surface area contributed by atoms with Crippen LogP contribution < -0.4 is 0 Å². The van der Waals surface area contributed by atoms with Gasteiger partial charge in [0.2, 0.25) is 9.84 Å². The smallest absolute Gasteiger partial charge is 0.354 e. The lowest BCUT2D eigenvalue weighted by Gasteiger charge is -2.07. The van der Waals surface area contributed by atoms with E-state index in [4.69, 9.17) is 5.11 Å². The van der Waals surface area contributed by atoms with Crippen LogP contribution in [-0.4, -0.2) is 39.6 Å². The quantitative estimate of drug-likeness (QED) is 0.890. The molecule has 0 aliphatic carbocycles. The van der Waals surface area contributed by atoms with Gasteiger partial charge in [-0.25, -0.2) is 13.2 Å². The second kappa shape index (κ2) is 5.12. The van der Waals surface area contributed by atoms with E-state index in [2.05, 4.69) is 5.10 Å². The first-order valence-electron chi connectivity index (χ1n) is 5.70. The van der Waals surface area contributed by atoms with Crippen molar-refractivity contribution in [2.45, 2.75) is 39.0 Å². The minimum atomic E-state index is -3.99. The van der Waals surface area contributed by atoms with Crippen LogP contribution >= 0.6 is 0 Å². The lowest BCUT2D eigenvalue weighted by Crippen LogP contribution is -2.24. The van der Waals surface area contributed by atoms with E-state index in [9.17, 15) is 18.0 Å². The van der Waals surface area contributed by atoms with Crippen molar-refractivity contribution in [3.63, 3.8) is 0 Å². The predicted octanol–water partition coefficient (Wildman–Crippen LogP) is 1.13. The molecule has 8 heteroatoms. The van der Waals surface area contributed by atoms with Crippen LogP contribution in [0.3, 0.4) is 0 Å². The highest BCUT2D eigenvalue weighted by Crippen LogP contribution is 2.15. The lowest BCUT2D eigenvalue weighted by molar-refractivity contribution is 0.0681. The summed E-state index contributed by atoms with van der Waals surface area (Å²) in [6.07, 6.45) is 0. The first-order valence-corrected chi connectivity index (χ1v) is 7.24. The lowest BCUT2D eigenvalue weighted by atomic mass is 10.3. The molecule has 0 unspecified atom stereocenters. The SMILES string of the molecule is CC(C)n1nc(C(=O)S(=O)(=O)C(C)C)cc1C(=O)O. The van der Waals surface area contributed by atoms with Gasteiger partial charge in [0.25, 0.3) is 5.12 Å². The van der Waals surface area contributed by atoms with Crippen LogP contribution in [0.25, 0.3) is 0 Å². The maximum absolute atomic E-state index is 11.9. The molecule has 0 aromatic carbocycles. The standard InChI is InChI=1S/C11H16N2O5S/c1-6(2)13-9(10(14)15)5-8(12-13)11(16)19(17,18)7(3)4/h5-7H,1-4H3,(H,14,15). The van der Waals surface area contributed by atoms with Gasteiger partial charge in [-0.1, -0.05) is 0 Å². The molecule has 106 valence electrons.